The Balaban J connectivity index is 2.73. The molecular weight excluding hydrogens is 298 g/mol. The minimum atomic E-state index is -1.04. The number of rotatable bonds is 8. The molecule has 23 heavy (non-hydrogen) atoms. The fourth-order valence-electron chi connectivity index (χ4n) is 2.36. The lowest BCUT2D eigenvalue weighted by atomic mass is 9.90. The molecule has 0 saturated heterocycles. The number of carboxylic acids is 1. The largest absolute Gasteiger partial charge is 0.506 e. The molecule has 0 fully saturated rings. The van der Waals surface area contributed by atoms with Crippen molar-refractivity contribution < 1.29 is 24.9 Å². The van der Waals surface area contributed by atoms with Crippen LogP contribution in [0.4, 0.5) is 5.69 Å². The highest BCUT2D eigenvalue weighted by Gasteiger charge is 2.17. The third-order valence-electron chi connectivity index (χ3n) is 3.58. The van der Waals surface area contributed by atoms with Gasteiger partial charge in [0, 0.05) is 13.0 Å². The molecule has 1 rings (SSSR count). The van der Waals surface area contributed by atoms with Crippen LogP contribution in [0.2, 0.25) is 0 Å². The van der Waals surface area contributed by atoms with E-state index >= 15 is 0 Å². The first-order valence-electron chi connectivity index (χ1n) is 7.50. The Hall–Kier alpha value is -2.34. The van der Waals surface area contributed by atoms with Crippen LogP contribution in [0.1, 0.15) is 32.3 Å². The summed E-state index contributed by atoms with van der Waals surface area (Å²) in [5.41, 5.74) is 1.18. The fourth-order valence-corrected chi connectivity index (χ4v) is 2.36. The summed E-state index contributed by atoms with van der Waals surface area (Å²) in [7, 11) is 0. The topological polar surface area (TPSA) is 107 Å². The number of aliphatic hydroxyl groups excluding tert-OH is 1. The molecule has 0 aliphatic heterocycles. The van der Waals surface area contributed by atoms with Crippen molar-refractivity contribution in [1.29, 1.82) is 0 Å². The van der Waals surface area contributed by atoms with Crippen molar-refractivity contribution in [2.45, 2.75) is 39.2 Å². The number of hydrogen-bond donors (Lipinski definition) is 4. The van der Waals surface area contributed by atoms with Crippen molar-refractivity contribution in [1.82, 2.24) is 0 Å². The summed E-state index contributed by atoms with van der Waals surface area (Å²) >= 11 is 0. The minimum Gasteiger partial charge on any atom is -0.506 e. The number of nitrogens with one attached hydrogen (secondary N) is 1. The van der Waals surface area contributed by atoms with E-state index in [1.807, 2.05) is 6.92 Å². The number of benzene rings is 1. The number of carboxylic acid groups (broad SMARTS) is 1. The molecule has 126 valence electrons. The van der Waals surface area contributed by atoms with Crippen LogP contribution >= 0.6 is 0 Å². The molecule has 1 aromatic carbocycles. The SMILES string of the molecule is CC[C@@H](Cc1ccc(NC(C)=O)c(O)c1)[C@@H](O)C/C=C/C(=O)O. The predicted molar refractivity (Wildman–Crippen MR) is 87.3 cm³/mol. The zero-order chi connectivity index (χ0) is 17.4. The molecule has 6 heteroatoms. The van der Waals surface area contributed by atoms with Gasteiger partial charge in [0.1, 0.15) is 5.75 Å². The third kappa shape index (κ3) is 6.52. The molecule has 0 radical (unpaired) electrons. The second kappa shape index (κ2) is 8.95. The summed E-state index contributed by atoms with van der Waals surface area (Å²) in [6.07, 6.45) is 3.33. The summed E-state index contributed by atoms with van der Waals surface area (Å²) in [5.74, 6) is -1.38. The summed E-state index contributed by atoms with van der Waals surface area (Å²) in [5, 5.41) is 31.2. The lowest BCUT2D eigenvalue weighted by molar-refractivity contribution is -0.131. The molecule has 2 atom stereocenters. The third-order valence-corrected chi connectivity index (χ3v) is 3.58. The highest BCUT2D eigenvalue weighted by Crippen LogP contribution is 2.27. The predicted octanol–water partition coefficient (Wildman–Crippen LogP) is 2.31. The van der Waals surface area contributed by atoms with E-state index in [4.69, 9.17) is 5.11 Å². The normalized spacial score (nSPS) is 13.7. The van der Waals surface area contributed by atoms with Gasteiger partial charge in [0.25, 0.3) is 0 Å². The molecule has 0 aliphatic carbocycles. The number of amides is 1. The lowest BCUT2D eigenvalue weighted by Gasteiger charge is -2.21. The Morgan fingerprint density at radius 2 is 2.04 bits per heavy atom. The number of aromatic hydroxyl groups is 1. The second-order valence-corrected chi connectivity index (χ2v) is 5.45. The molecule has 0 bridgehead atoms. The van der Waals surface area contributed by atoms with Gasteiger partial charge in [-0.3, -0.25) is 4.79 Å². The maximum Gasteiger partial charge on any atom is 0.327 e. The van der Waals surface area contributed by atoms with Crippen LogP contribution < -0.4 is 5.32 Å². The van der Waals surface area contributed by atoms with E-state index in [-0.39, 0.29) is 24.0 Å². The van der Waals surface area contributed by atoms with E-state index < -0.39 is 12.1 Å². The number of phenols is 1. The molecule has 0 aromatic heterocycles. The van der Waals surface area contributed by atoms with Gasteiger partial charge < -0.3 is 20.6 Å². The number of carbonyl (C=O) groups excluding carboxylic acids is 1. The van der Waals surface area contributed by atoms with Gasteiger partial charge in [-0.05, 0) is 36.5 Å². The molecule has 0 saturated carbocycles. The Morgan fingerprint density at radius 3 is 2.57 bits per heavy atom. The number of phenolic OH excluding ortho intramolecular Hbond substituents is 1. The summed E-state index contributed by atoms with van der Waals surface area (Å²) in [4.78, 5) is 21.4. The van der Waals surface area contributed by atoms with Crippen LogP contribution in [-0.2, 0) is 16.0 Å². The standard InChI is InChI=1S/C17H23NO5/c1-3-13(15(20)5-4-6-17(22)23)9-12-7-8-14(16(21)10-12)18-11(2)19/h4,6-8,10,13,15,20-21H,3,5,9H2,1-2H3,(H,18,19)(H,22,23)/b6-4+/t13-,15-/m0/s1. The van der Waals surface area contributed by atoms with E-state index in [0.717, 1.165) is 18.1 Å². The number of aliphatic carboxylic acids is 1. The zero-order valence-electron chi connectivity index (χ0n) is 13.3. The molecule has 6 nitrogen and oxygen atoms in total. The first-order valence-corrected chi connectivity index (χ1v) is 7.50. The van der Waals surface area contributed by atoms with Crippen molar-refractivity contribution >= 4 is 17.6 Å². The maximum atomic E-state index is 11.0. The zero-order valence-corrected chi connectivity index (χ0v) is 13.3. The number of hydrogen-bond acceptors (Lipinski definition) is 4. The number of carbonyl (C=O) groups is 2. The van der Waals surface area contributed by atoms with Crippen molar-refractivity contribution in [2.24, 2.45) is 5.92 Å². The molecule has 1 aromatic rings. The highest BCUT2D eigenvalue weighted by atomic mass is 16.4. The van der Waals surface area contributed by atoms with Crippen LogP contribution in [0, 0.1) is 5.92 Å². The first kappa shape index (κ1) is 18.7. The van der Waals surface area contributed by atoms with Gasteiger partial charge in [-0.25, -0.2) is 4.79 Å². The molecular formula is C17H23NO5. The Labute approximate surface area is 135 Å². The Bertz CT molecular complexity index is 582. The van der Waals surface area contributed by atoms with Crippen LogP contribution in [0.15, 0.2) is 30.4 Å². The fraction of sp³-hybridized carbons (Fsp3) is 0.412. The molecule has 0 heterocycles. The number of aliphatic hydroxyl groups is 1. The van der Waals surface area contributed by atoms with Crippen molar-refractivity contribution in [3.8, 4) is 5.75 Å². The van der Waals surface area contributed by atoms with Crippen molar-refractivity contribution in [3.63, 3.8) is 0 Å². The summed E-state index contributed by atoms with van der Waals surface area (Å²) in [6.45, 7) is 3.31. The van der Waals surface area contributed by atoms with E-state index in [9.17, 15) is 19.8 Å². The van der Waals surface area contributed by atoms with E-state index in [1.165, 1.54) is 13.0 Å². The smallest absolute Gasteiger partial charge is 0.327 e. The number of anilines is 1. The van der Waals surface area contributed by atoms with Crippen LogP contribution in [0.3, 0.4) is 0 Å². The lowest BCUT2D eigenvalue weighted by Crippen LogP contribution is -2.21. The molecule has 0 unspecified atom stereocenters. The Kier molecular flexibility index (Phi) is 7.28. The van der Waals surface area contributed by atoms with Crippen molar-refractivity contribution in [2.75, 3.05) is 5.32 Å². The van der Waals surface area contributed by atoms with Crippen LogP contribution in [-0.4, -0.2) is 33.3 Å². The minimum absolute atomic E-state index is 0.0205. The van der Waals surface area contributed by atoms with E-state index in [0.29, 0.717) is 12.1 Å². The monoisotopic (exact) mass is 321 g/mol. The van der Waals surface area contributed by atoms with Gasteiger partial charge in [-0.15, -0.1) is 0 Å². The van der Waals surface area contributed by atoms with Gasteiger partial charge >= 0.3 is 5.97 Å². The summed E-state index contributed by atoms with van der Waals surface area (Å²) < 4.78 is 0. The average molecular weight is 321 g/mol. The molecule has 4 N–H and O–H groups in total. The van der Waals surface area contributed by atoms with Gasteiger partial charge in [-0.2, -0.15) is 0 Å². The molecule has 0 spiro atoms. The molecule has 1 amide bonds. The van der Waals surface area contributed by atoms with Gasteiger partial charge in [0.05, 0.1) is 11.8 Å². The summed E-state index contributed by atoms with van der Waals surface area (Å²) in [6, 6.07) is 4.97. The maximum absolute atomic E-state index is 11.0. The van der Waals surface area contributed by atoms with Crippen LogP contribution in [0.5, 0.6) is 5.75 Å². The molecule has 0 aliphatic rings. The van der Waals surface area contributed by atoms with Crippen LogP contribution in [0.25, 0.3) is 0 Å². The quantitative estimate of drug-likeness (QED) is 0.434. The Morgan fingerprint density at radius 1 is 1.35 bits per heavy atom. The van der Waals surface area contributed by atoms with Gasteiger partial charge in [0.15, 0.2) is 0 Å². The second-order valence-electron chi connectivity index (χ2n) is 5.45. The van der Waals surface area contributed by atoms with Gasteiger partial charge in [-0.1, -0.05) is 25.5 Å². The van der Waals surface area contributed by atoms with E-state index in [2.05, 4.69) is 5.32 Å². The average Bonchev–Trinajstić information content (AvgIpc) is 2.46. The highest BCUT2D eigenvalue weighted by molar-refractivity contribution is 5.90. The first-order chi connectivity index (χ1) is 10.8. The van der Waals surface area contributed by atoms with Crippen molar-refractivity contribution in [3.05, 3.63) is 35.9 Å². The van der Waals surface area contributed by atoms with Gasteiger partial charge in [0.2, 0.25) is 5.91 Å². The van der Waals surface area contributed by atoms with E-state index in [1.54, 1.807) is 18.2 Å².